The van der Waals surface area contributed by atoms with E-state index < -0.39 is 11.9 Å². The van der Waals surface area contributed by atoms with Gasteiger partial charge in [0.1, 0.15) is 42.5 Å². The Morgan fingerprint density at radius 3 is 1.46 bits per heavy atom. The second-order valence-electron chi connectivity index (χ2n) is 18.0. The molecule has 10 aromatic heterocycles. The van der Waals surface area contributed by atoms with Gasteiger partial charge < -0.3 is 88.1 Å². The highest BCUT2D eigenvalue weighted by atomic mass is 35.5. The van der Waals surface area contributed by atoms with E-state index in [9.17, 15) is 19.2 Å². The number of nitrogens with zero attached hydrogens (tertiary/aromatic N) is 10. The molecule has 31 nitrogen and oxygen atoms in total. The average Bonchev–Trinajstić information content (AvgIpc) is 1.68. The standard InChI is InChI=1S/2C11H10N2O3S.C10H11N3O3S.C7H7N3OS.C7H10N2O2S.C6H5N3S.C4H6N2OS.C3H7N.ClH/c1-15-10(14)7-2-4-8(5-3-7)16-9-6-13-11(12)17-9;1-15-10(14)7-3-2-4-8(5-7)16-9-6-13-11(12)17-9;1-2-15-8(14)5-16-7-4-3-6-9(13-7)17-10(11)12-6;1-11-5-3-2-4-6(10-5)12-7(8)9-4;1-2-11-6(10)3-5-4-12-7(8)9-5;7-6-9-4-2-1-3-8-5(4)10-6;1-7-3-2-6-4(5)8-3;1-2-4-3-1;/h2*2-6H,1H3,(H2,12,13);3-4H,2,5H2,1H3,(H2,11,12);2-3H,1H3,(H2,8,9);4H,2-3H2,1H3,(H2,8,9);1-3H,(H2,7,9);2H,1H3,(H2,5,6);4H,1-3H2;1H. The maximum Gasteiger partial charge on any atom is 0.344 e. The Balaban J connectivity index is 0.000000206. The number of pyridine rings is 3. The van der Waals surface area contributed by atoms with E-state index in [0.29, 0.717) is 104 Å². The van der Waals surface area contributed by atoms with E-state index in [0.717, 1.165) is 31.3 Å². The number of rotatable bonds is 15. The zero-order valence-corrected chi connectivity index (χ0v) is 59.5. The predicted octanol–water partition coefficient (Wildman–Crippen LogP) is 10.3. The van der Waals surface area contributed by atoms with Crippen molar-refractivity contribution in [2.75, 3.05) is 101 Å². The van der Waals surface area contributed by atoms with E-state index in [1.165, 1.54) is 119 Å². The van der Waals surface area contributed by atoms with Gasteiger partial charge in [0.25, 0.3) is 0 Å². The Bertz CT molecular complexity index is 4360. The molecule has 2 aromatic carbocycles. The number of carbonyl (C=O) groups excluding carboxylic acids is 4. The molecule has 0 aliphatic carbocycles. The van der Waals surface area contributed by atoms with Crippen LogP contribution in [0.2, 0.25) is 0 Å². The summed E-state index contributed by atoms with van der Waals surface area (Å²) in [5.41, 5.74) is 42.2. The summed E-state index contributed by atoms with van der Waals surface area (Å²) in [4.78, 5) is 86.9. The molecular formula is C59H67ClN18O13S7. The van der Waals surface area contributed by atoms with Crippen LogP contribution >= 0.6 is 91.8 Å². The molecule has 1 aliphatic rings. The Labute approximate surface area is 594 Å². The summed E-state index contributed by atoms with van der Waals surface area (Å²) in [5.74, 6) is 0.636. The van der Waals surface area contributed by atoms with Crippen LogP contribution in [0.3, 0.4) is 0 Å². The van der Waals surface area contributed by atoms with Gasteiger partial charge in [0, 0.05) is 23.7 Å². The first-order valence-corrected chi connectivity index (χ1v) is 33.9. The van der Waals surface area contributed by atoms with Gasteiger partial charge >= 0.3 is 23.9 Å². The van der Waals surface area contributed by atoms with Crippen molar-refractivity contribution in [2.45, 2.75) is 26.7 Å². The molecule has 0 saturated carbocycles. The first-order chi connectivity index (χ1) is 46.8. The minimum absolute atomic E-state index is 0. The summed E-state index contributed by atoms with van der Waals surface area (Å²) in [5, 5.41) is 10.3. The van der Waals surface area contributed by atoms with Crippen molar-refractivity contribution in [3.05, 3.63) is 132 Å². The normalized spacial score (nSPS) is 10.5. The summed E-state index contributed by atoms with van der Waals surface area (Å²) < 4.78 is 44.6. The molecule has 0 amide bonds. The SMILES string of the molecule is C1CNC1.CCOC(=O)COc1ccc2nc(N)sc2n1.CCOC(=O)Cc1csc(N)n1.COC(=O)c1ccc(Oc2cnc(N)s2)cc1.COC(=O)c1cccc(Oc2cnc(N)s2)c1.COc1ccc2nc(N)sc2n1.COc1cnc(N)s1.Cl.Nc1nc2cccnc2s1. The van der Waals surface area contributed by atoms with Crippen LogP contribution in [0.15, 0.2) is 115 Å². The number of anilines is 7. The Morgan fingerprint density at radius 2 is 0.990 bits per heavy atom. The van der Waals surface area contributed by atoms with Gasteiger partial charge in [-0.15, -0.1) is 23.7 Å². The van der Waals surface area contributed by atoms with Crippen molar-refractivity contribution in [1.82, 2.24) is 55.2 Å². The first-order valence-electron chi connectivity index (χ1n) is 28.1. The Hall–Kier alpha value is -10.2. The van der Waals surface area contributed by atoms with Crippen LogP contribution in [0.25, 0.3) is 31.0 Å². The van der Waals surface area contributed by atoms with E-state index in [1.807, 2.05) is 18.2 Å². The fourth-order valence-electron chi connectivity index (χ4n) is 6.71. The number of methoxy groups -OCH3 is 4. The molecule has 13 rings (SSSR count). The van der Waals surface area contributed by atoms with Gasteiger partial charge in [0.2, 0.25) is 21.9 Å². The maximum atomic E-state index is 11.3. The third-order valence-corrected chi connectivity index (χ3v) is 16.4. The lowest BCUT2D eigenvalue weighted by Gasteiger charge is -2.09. The highest BCUT2D eigenvalue weighted by Crippen LogP contribution is 2.31. The number of aromatic nitrogens is 10. The summed E-state index contributed by atoms with van der Waals surface area (Å²) in [6.07, 6.45) is 8.01. The Kier molecular flexibility index (Phi) is 33.4. The van der Waals surface area contributed by atoms with Crippen LogP contribution in [-0.2, 0) is 35.0 Å². The van der Waals surface area contributed by atoms with E-state index >= 15 is 0 Å². The molecular weight excluding hydrogens is 1430 g/mol. The number of thiazole rings is 7. The van der Waals surface area contributed by atoms with Gasteiger partial charge in [-0.3, -0.25) is 4.79 Å². The first kappa shape index (κ1) is 78.5. The van der Waals surface area contributed by atoms with Crippen molar-refractivity contribution in [1.29, 1.82) is 0 Å². The van der Waals surface area contributed by atoms with Crippen LogP contribution < -0.4 is 69.1 Å². The van der Waals surface area contributed by atoms with Crippen molar-refractivity contribution in [3.8, 4) is 38.4 Å². The Morgan fingerprint density at radius 1 is 0.490 bits per heavy atom. The third-order valence-electron chi connectivity index (χ3n) is 11.1. The molecule has 0 bridgehead atoms. The van der Waals surface area contributed by atoms with Crippen LogP contribution in [0, 0.1) is 0 Å². The number of benzene rings is 2. The van der Waals surface area contributed by atoms with Crippen LogP contribution in [0.5, 0.6) is 38.4 Å². The van der Waals surface area contributed by atoms with Crippen LogP contribution in [0.1, 0.15) is 46.7 Å². The summed E-state index contributed by atoms with van der Waals surface area (Å²) in [6, 6.07) is 24.1. The summed E-state index contributed by atoms with van der Waals surface area (Å²) >= 11 is 9.17. The number of fused-ring (bicyclic) bond motifs is 3. The number of nitrogens with two attached hydrogens (primary N) is 7. The maximum absolute atomic E-state index is 11.3. The average molecular weight is 1500 g/mol. The van der Waals surface area contributed by atoms with Gasteiger partial charge in [-0.25, -0.2) is 64.2 Å². The highest BCUT2D eigenvalue weighted by molar-refractivity contribution is 7.22. The monoisotopic (exact) mass is 1490 g/mol. The summed E-state index contributed by atoms with van der Waals surface area (Å²) in [7, 11) is 5.85. The minimum atomic E-state index is -0.418. The van der Waals surface area contributed by atoms with E-state index in [2.05, 4.69) is 64.6 Å². The molecule has 98 heavy (non-hydrogen) atoms. The van der Waals surface area contributed by atoms with Gasteiger partial charge in [-0.05, 0) is 100 Å². The van der Waals surface area contributed by atoms with Crippen LogP contribution in [0.4, 0.5) is 35.9 Å². The number of nitrogens with one attached hydrogen (secondary N) is 1. The third kappa shape index (κ3) is 27.5. The number of hydrogen-bond donors (Lipinski definition) is 8. The lowest BCUT2D eigenvalue weighted by atomic mass is 10.2. The predicted molar refractivity (Wildman–Crippen MR) is 388 cm³/mol. The van der Waals surface area contributed by atoms with Crippen molar-refractivity contribution < 1.29 is 61.8 Å². The molecule has 39 heteroatoms. The number of nitrogen functional groups attached to an aromatic ring is 7. The van der Waals surface area contributed by atoms with Crippen molar-refractivity contribution in [3.63, 3.8) is 0 Å². The molecule has 11 heterocycles. The molecule has 0 atom stereocenters. The van der Waals surface area contributed by atoms with Gasteiger partial charge in [0.15, 0.2) is 47.6 Å². The van der Waals surface area contributed by atoms with Crippen LogP contribution in [-0.4, -0.2) is 135 Å². The number of hydrogen-bond acceptors (Lipinski definition) is 38. The molecule has 1 saturated heterocycles. The molecule has 15 N–H and O–H groups in total. The second-order valence-corrected chi connectivity index (χ2v) is 25.0. The number of halogens is 1. The molecule has 0 radical (unpaired) electrons. The van der Waals surface area contributed by atoms with Gasteiger partial charge in [0.05, 0.1) is 83.5 Å². The minimum Gasteiger partial charge on any atom is -0.486 e. The lowest BCUT2D eigenvalue weighted by molar-refractivity contribution is -0.145. The molecule has 520 valence electrons. The van der Waals surface area contributed by atoms with Crippen molar-refractivity contribution in [2.24, 2.45) is 0 Å². The number of esters is 4. The second kappa shape index (κ2) is 41.7. The largest absolute Gasteiger partial charge is 0.486 e. The zero-order valence-electron chi connectivity index (χ0n) is 53.0. The number of carbonyl (C=O) groups is 4. The molecule has 0 spiro atoms. The number of ether oxygens (including phenoxy) is 9. The van der Waals surface area contributed by atoms with Crippen molar-refractivity contribution >= 4 is 183 Å². The van der Waals surface area contributed by atoms with Gasteiger partial charge in [-0.2, -0.15) is 0 Å². The molecule has 1 aliphatic heterocycles. The topological polar surface area (TPSA) is 474 Å². The molecule has 12 aromatic rings. The lowest BCUT2D eigenvalue weighted by Crippen LogP contribution is -2.29. The van der Waals surface area contributed by atoms with E-state index in [-0.39, 0.29) is 37.4 Å². The molecule has 0 unspecified atom stereocenters. The smallest absolute Gasteiger partial charge is 0.344 e. The van der Waals surface area contributed by atoms with Gasteiger partial charge in [-0.1, -0.05) is 74.1 Å². The fraction of sp³-hybridized carbons (Fsp3) is 0.220. The quantitative estimate of drug-likeness (QED) is 0.0349. The van der Waals surface area contributed by atoms with E-state index in [1.54, 1.807) is 119 Å². The zero-order chi connectivity index (χ0) is 70.1. The molecule has 1 fully saturated rings. The fourth-order valence-corrected chi connectivity index (χ4v) is 10.9. The highest BCUT2D eigenvalue weighted by Gasteiger charge is 2.12. The summed E-state index contributed by atoms with van der Waals surface area (Å²) in [6.45, 7) is 6.59. The van der Waals surface area contributed by atoms with E-state index in [4.69, 9.17) is 73.3 Å².